The van der Waals surface area contributed by atoms with Crippen molar-refractivity contribution in [3.05, 3.63) is 51.9 Å². The van der Waals surface area contributed by atoms with Crippen LogP contribution in [0.5, 0.6) is 0 Å². The Hall–Kier alpha value is -2.61. The number of aryl methyl sites for hydroxylation is 1. The lowest BCUT2D eigenvalue weighted by Crippen LogP contribution is -2.28. The molecule has 8 heteroatoms. The van der Waals surface area contributed by atoms with E-state index in [-0.39, 0.29) is 29.5 Å². The number of hydrogen-bond acceptors (Lipinski definition) is 5. The van der Waals surface area contributed by atoms with Crippen LogP contribution in [0, 0.1) is 0 Å². The van der Waals surface area contributed by atoms with Crippen LogP contribution in [0.1, 0.15) is 35.4 Å². The first-order valence-electron chi connectivity index (χ1n) is 7.93. The Morgan fingerprint density at radius 1 is 1.40 bits per heavy atom. The molecule has 1 aliphatic rings. The number of nitrogens with zero attached hydrogens (tertiary/aromatic N) is 2. The first-order valence-corrected chi connectivity index (χ1v) is 8.92. The van der Waals surface area contributed by atoms with Gasteiger partial charge >= 0.3 is 0 Å². The zero-order valence-electron chi connectivity index (χ0n) is 13.7. The van der Waals surface area contributed by atoms with Crippen molar-refractivity contribution in [3.8, 4) is 0 Å². The van der Waals surface area contributed by atoms with Crippen molar-refractivity contribution in [2.75, 3.05) is 11.1 Å². The molecule has 0 saturated heterocycles. The summed E-state index contributed by atoms with van der Waals surface area (Å²) >= 11 is 1.47. The number of carbonyl (C=O) groups excluding carboxylic acids is 2. The Bertz CT molecular complexity index is 894. The summed E-state index contributed by atoms with van der Waals surface area (Å²) in [6, 6.07) is 7.82. The van der Waals surface area contributed by atoms with Crippen LogP contribution in [-0.2, 0) is 11.2 Å². The number of rotatable bonds is 5. The van der Waals surface area contributed by atoms with Gasteiger partial charge in [0.2, 0.25) is 5.91 Å². The Labute approximate surface area is 148 Å². The molecule has 1 aliphatic heterocycles. The second kappa shape index (κ2) is 7.10. The predicted molar refractivity (Wildman–Crippen MR) is 95.8 cm³/mol. The average Bonchev–Trinajstić information content (AvgIpc) is 2.98. The van der Waals surface area contributed by atoms with Crippen LogP contribution in [0.15, 0.2) is 40.3 Å². The Morgan fingerprint density at radius 3 is 2.88 bits per heavy atom. The third-order valence-corrected chi connectivity index (χ3v) is 5.09. The van der Waals surface area contributed by atoms with Crippen molar-refractivity contribution in [1.82, 2.24) is 9.55 Å². The number of amides is 2. The number of thioether (sulfide) groups is 1. The molecule has 1 aromatic carbocycles. The van der Waals surface area contributed by atoms with E-state index in [2.05, 4.69) is 10.3 Å². The van der Waals surface area contributed by atoms with E-state index in [4.69, 9.17) is 5.73 Å². The molecule has 2 aromatic rings. The monoisotopic (exact) mass is 358 g/mol. The SMILES string of the molecule is CCc1cc(=O)n2c(n1)SCC2CC(=O)Nc1ccccc1C(N)=O. The standard InChI is InChI=1S/C17H18N4O3S/c1-2-10-7-15(23)21-11(9-25-17(21)19-10)8-14(22)20-13-6-4-3-5-12(13)16(18)24/h3-7,11H,2,8-9H2,1H3,(H2,18,24)(H,20,22). The Balaban J connectivity index is 1.77. The van der Waals surface area contributed by atoms with Crippen molar-refractivity contribution in [2.24, 2.45) is 5.73 Å². The first-order chi connectivity index (χ1) is 12.0. The maximum atomic E-state index is 12.4. The van der Waals surface area contributed by atoms with E-state index in [0.717, 1.165) is 5.69 Å². The molecule has 0 aliphatic carbocycles. The van der Waals surface area contributed by atoms with Crippen LogP contribution in [-0.4, -0.2) is 27.1 Å². The molecular weight excluding hydrogens is 340 g/mol. The normalized spacial score (nSPS) is 15.6. The number of aromatic nitrogens is 2. The zero-order valence-corrected chi connectivity index (χ0v) is 14.5. The number of primary amides is 1. The van der Waals surface area contributed by atoms with E-state index in [1.165, 1.54) is 17.8 Å². The highest BCUT2D eigenvalue weighted by Gasteiger charge is 2.27. The van der Waals surface area contributed by atoms with Crippen LogP contribution in [0.2, 0.25) is 0 Å². The van der Waals surface area contributed by atoms with Crippen LogP contribution in [0.4, 0.5) is 5.69 Å². The predicted octanol–water partition coefficient (Wildman–Crippen LogP) is 1.58. The summed E-state index contributed by atoms with van der Waals surface area (Å²) in [6.07, 6.45) is 0.818. The minimum atomic E-state index is -0.606. The van der Waals surface area contributed by atoms with Crippen molar-refractivity contribution in [2.45, 2.75) is 31.0 Å². The van der Waals surface area contributed by atoms with Crippen LogP contribution in [0.3, 0.4) is 0 Å². The third-order valence-electron chi connectivity index (χ3n) is 3.99. The van der Waals surface area contributed by atoms with Gasteiger partial charge in [-0.3, -0.25) is 19.0 Å². The molecule has 2 amide bonds. The molecular formula is C17H18N4O3S. The van der Waals surface area contributed by atoms with E-state index >= 15 is 0 Å². The average molecular weight is 358 g/mol. The molecule has 1 atom stereocenters. The molecule has 130 valence electrons. The summed E-state index contributed by atoms with van der Waals surface area (Å²) in [5.41, 5.74) is 6.56. The zero-order chi connectivity index (χ0) is 18.0. The van der Waals surface area contributed by atoms with E-state index in [0.29, 0.717) is 23.0 Å². The summed E-state index contributed by atoms with van der Waals surface area (Å²) in [6.45, 7) is 1.94. The Morgan fingerprint density at radius 2 is 2.16 bits per heavy atom. The van der Waals surface area contributed by atoms with Crippen molar-refractivity contribution < 1.29 is 9.59 Å². The number of carbonyl (C=O) groups is 2. The quantitative estimate of drug-likeness (QED) is 0.789. The van der Waals surface area contributed by atoms with Crippen LogP contribution in [0.25, 0.3) is 0 Å². The maximum absolute atomic E-state index is 12.4. The Kier molecular flexibility index (Phi) is 4.89. The fourth-order valence-corrected chi connectivity index (χ4v) is 3.92. The minimum absolute atomic E-state index is 0.125. The van der Waals surface area contributed by atoms with E-state index in [9.17, 15) is 14.4 Å². The first kappa shape index (κ1) is 17.2. The van der Waals surface area contributed by atoms with Gasteiger partial charge in [-0.1, -0.05) is 30.8 Å². The molecule has 0 spiro atoms. The lowest BCUT2D eigenvalue weighted by molar-refractivity contribution is -0.116. The van der Waals surface area contributed by atoms with Gasteiger partial charge in [0.1, 0.15) is 0 Å². The summed E-state index contributed by atoms with van der Waals surface area (Å²) in [7, 11) is 0. The summed E-state index contributed by atoms with van der Waals surface area (Å²) in [4.78, 5) is 40.6. The number of hydrogen-bond donors (Lipinski definition) is 2. The molecule has 1 aromatic heterocycles. The molecule has 1 unspecified atom stereocenters. The number of anilines is 1. The summed E-state index contributed by atoms with van der Waals surface area (Å²) < 4.78 is 1.57. The third kappa shape index (κ3) is 3.58. The molecule has 0 saturated carbocycles. The van der Waals surface area contributed by atoms with Crippen LogP contribution >= 0.6 is 11.8 Å². The smallest absolute Gasteiger partial charge is 0.254 e. The highest BCUT2D eigenvalue weighted by molar-refractivity contribution is 7.99. The number of fused-ring (bicyclic) bond motifs is 1. The van der Waals surface area contributed by atoms with Gasteiger partial charge in [-0.2, -0.15) is 0 Å². The second-order valence-corrected chi connectivity index (χ2v) is 6.71. The number of benzene rings is 1. The van der Waals surface area contributed by atoms with Gasteiger partial charge in [0.05, 0.1) is 17.3 Å². The van der Waals surface area contributed by atoms with Crippen molar-refractivity contribution in [3.63, 3.8) is 0 Å². The molecule has 3 rings (SSSR count). The molecule has 25 heavy (non-hydrogen) atoms. The minimum Gasteiger partial charge on any atom is -0.366 e. The largest absolute Gasteiger partial charge is 0.366 e. The highest BCUT2D eigenvalue weighted by Crippen LogP contribution is 2.32. The maximum Gasteiger partial charge on any atom is 0.254 e. The number of nitrogens with two attached hydrogens (primary N) is 1. The fraction of sp³-hybridized carbons (Fsp3) is 0.294. The van der Waals surface area contributed by atoms with Gasteiger partial charge in [-0.05, 0) is 18.6 Å². The van der Waals surface area contributed by atoms with E-state index in [1.807, 2.05) is 6.92 Å². The van der Waals surface area contributed by atoms with Gasteiger partial charge < -0.3 is 11.1 Å². The fourth-order valence-electron chi connectivity index (χ4n) is 2.75. The summed E-state index contributed by atoms with van der Waals surface area (Å²) in [5, 5.41) is 3.36. The van der Waals surface area contributed by atoms with E-state index in [1.54, 1.807) is 28.8 Å². The van der Waals surface area contributed by atoms with E-state index < -0.39 is 5.91 Å². The van der Waals surface area contributed by atoms with Crippen molar-refractivity contribution in [1.29, 1.82) is 0 Å². The van der Waals surface area contributed by atoms with Crippen molar-refractivity contribution >= 4 is 29.3 Å². The summed E-state index contributed by atoms with van der Waals surface area (Å²) in [5.74, 6) is -0.274. The van der Waals surface area contributed by atoms with Gasteiger partial charge in [0, 0.05) is 23.9 Å². The number of para-hydroxylation sites is 1. The topological polar surface area (TPSA) is 107 Å². The lowest BCUT2D eigenvalue weighted by Gasteiger charge is -2.14. The number of nitrogens with one attached hydrogen (secondary N) is 1. The highest BCUT2D eigenvalue weighted by atomic mass is 32.2. The molecule has 0 fully saturated rings. The van der Waals surface area contributed by atoms with Gasteiger partial charge in [-0.25, -0.2) is 4.98 Å². The molecule has 0 bridgehead atoms. The molecule has 0 radical (unpaired) electrons. The lowest BCUT2D eigenvalue weighted by atomic mass is 10.1. The second-order valence-electron chi connectivity index (χ2n) is 5.72. The van der Waals surface area contributed by atoms with Gasteiger partial charge in [0.25, 0.3) is 11.5 Å². The van der Waals surface area contributed by atoms with Crippen LogP contribution < -0.4 is 16.6 Å². The molecule has 3 N–H and O–H groups in total. The molecule has 2 heterocycles. The van der Waals surface area contributed by atoms with Gasteiger partial charge in [0.15, 0.2) is 5.16 Å². The van der Waals surface area contributed by atoms with Gasteiger partial charge in [-0.15, -0.1) is 0 Å². The molecule has 7 nitrogen and oxygen atoms in total.